The average Bonchev–Trinajstić information content (AvgIpc) is 3.37. The lowest BCUT2D eigenvalue weighted by Crippen LogP contribution is -2.35. The number of benzene rings is 1. The molecule has 28 heavy (non-hydrogen) atoms. The normalized spacial score (nSPS) is 13.3. The Balaban J connectivity index is 1.54. The van der Waals surface area contributed by atoms with Crippen LogP contribution in [0.15, 0.2) is 41.9 Å². The number of rotatable bonds is 4. The fourth-order valence-corrected chi connectivity index (χ4v) is 4.35. The molecule has 1 aliphatic heterocycles. The number of hydrogen-bond acceptors (Lipinski definition) is 4. The van der Waals surface area contributed by atoms with Gasteiger partial charge in [-0.1, -0.05) is 6.07 Å². The maximum atomic E-state index is 13.0. The third-order valence-electron chi connectivity index (χ3n) is 5.08. The van der Waals surface area contributed by atoms with Crippen molar-refractivity contribution >= 4 is 28.8 Å². The molecule has 2 amide bonds. The van der Waals surface area contributed by atoms with E-state index >= 15 is 0 Å². The summed E-state index contributed by atoms with van der Waals surface area (Å²) in [5, 5.41) is 9.15. The minimum Gasteiger partial charge on any atom is -0.334 e. The van der Waals surface area contributed by atoms with Crippen molar-refractivity contribution in [3.63, 3.8) is 0 Å². The summed E-state index contributed by atoms with van der Waals surface area (Å²) in [6.45, 7) is 5.83. The summed E-state index contributed by atoms with van der Waals surface area (Å²) in [7, 11) is 0. The molecule has 0 bridgehead atoms. The Hall–Kier alpha value is -2.93. The maximum Gasteiger partial charge on any atom is 0.273 e. The molecule has 0 aliphatic carbocycles. The summed E-state index contributed by atoms with van der Waals surface area (Å²) in [4.78, 5) is 28.9. The predicted octanol–water partition coefficient (Wildman–Crippen LogP) is 3.72. The smallest absolute Gasteiger partial charge is 0.273 e. The number of amides is 2. The first-order valence-electron chi connectivity index (χ1n) is 9.35. The van der Waals surface area contributed by atoms with E-state index < -0.39 is 0 Å². The Kier molecular flexibility index (Phi) is 5.00. The number of anilines is 1. The van der Waals surface area contributed by atoms with Gasteiger partial charge in [0.25, 0.3) is 11.8 Å². The molecule has 7 heteroatoms. The maximum absolute atomic E-state index is 13.0. The van der Waals surface area contributed by atoms with E-state index in [1.54, 1.807) is 34.3 Å². The third-order valence-corrected chi connectivity index (χ3v) is 6.10. The molecule has 0 unspecified atom stereocenters. The largest absolute Gasteiger partial charge is 0.334 e. The molecule has 3 heterocycles. The Morgan fingerprint density at radius 3 is 2.93 bits per heavy atom. The molecule has 1 aromatic carbocycles. The minimum absolute atomic E-state index is 0.00838. The average molecular weight is 395 g/mol. The molecular weight excluding hydrogens is 372 g/mol. The van der Waals surface area contributed by atoms with Crippen LogP contribution in [0.1, 0.15) is 43.8 Å². The first-order chi connectivity index (χ1) is 13.6. The molecule has 0 radical (unpaired) electrons. The van der Waals surface area contributed by atoms with Crippen molar-refractivity contribution in [3.8, 4) is 0 Å². The van der Waals surface area contributed by atoms with Gasteiger partial charge in [0.2, 0.25) is 0 Å². The van der Waals surface area contributed by atoms with Gasteiger partial charge in [-0.2, -0.15) is 5.10 Å². The lowest BCUT2D eigenvalue weighted by molar-refractivity contribution is 0.0735. The molecule has 144 valence electrons. The van der Waals surface area contributed by atoms with E-state index in [9.17, 15) is 9.59 Å². The van der Waals surface area contributed by atoms with Crippen molar-refractivity contribution in [1.29, 1.82) is 0 Å². The predicted molar refractivity (Wildman–Crippen MR) is 110 cm³/mol. The van der Waals surface area contributed by atoms with Gasteiger partial charge < -0.3 is 10.2 Å². The van der Waals surface area contributed by atoms with Crippen molar-refractivity contribution < 1.29 is 9.59 Å². The van der Waals surface area contributed by atoms with Gasteiger partial charge in [-0.15, -0.1) is 11.3 Å². The summed E-state index contributed by atoms with van der Waals surface area (Å²) in [6, 6.07) is 9.25. The first-order valence-corrected chi connectivity index (χ1v) is 10.2. The Morgan fingerprint density at radius 1 is 1.25 bits per heavy atom. The van der Waals surface area contributed by atoms with E-state index in [-0.39, 0.29) is 11.8 Å². The van der Waals surface area contributed by atoms with Gasteiger partial charge in [0, 0.05) is 42.0 Å². The van der Waals surface area contributed by atoms with Crippen molar-refractivity contribution in [2.45, 2.75) is 33.4 Å². The van der Waals surface area contributed by atoms with Gasteiger partial charge in [-0.25, -0.2) is 0 Å². The summed E-state index contributed by atoms with van der Waals surface area (Å²) >= 11 is 1.76. The molecule has 0 fully saturated rings. The van der Waals surface area contributed by atoms with Crippen LogP contribution in [0.4, 0.5) is 5.69 Å². The van der Waals surface area contributed by atoms with Crippen LogP contribution >= 0.6 is 11.3 Å². The van der Waals surface area contributed by atoms with Crippen LogP contribution in [0.2, 0.25) is 0 Å². The van der Waals surface area contributed by atoms with Crippen LogP contribution < -0.4 is 5.32 Å². The number of fused-ring (bicyclic) bond motifs is 1. The number of carbonyl (C=O) groups is 2. The van der Waals surface area contributed by atoms with E-state index in [4.69, 9.17) is 0 Å². The topological polar surface area (TPSA) is 67.2 Å². The molecule has 3 aromatic rings. The highest BCUT2D eigenvalue weighted by molar-refractivity contribution is 7.10. The number of carbonyl (C=O) groups excluding carboxylic acids is 2. The number of aromatic nitrogens is 2. The zero-order valence-electron chi connectivity index (χ0n) is 15.9. The van der Waals surface area contributed by atoms with E-state index in [0.717, 1.165) is 18.5 Å². The standard InChI is InChI=1S/C21H22N4O2S/c1-3-25-18(6-9-22-25)20(26)23-17-12-15(5-4-14(17)2)21(27)24-10-7-19-16(13-24)8-11-28-19/h4-6,8-9,11-12H,3,7,10,13H2,1-2H3,(H,23,26). The molecule has 0 spiro atoms. The lowest BCUT2D eigenvalue weighted by atomic mass is 10.1. The molecular formula is C21H22N4O2S. The number of thiophene rings is 1. The van der Waals surface area contributed by atoms with Crippen LogP contribution in [0.5, 0.6) is 0 Å². The summed E-state index contributed by atoms with van der Waals surface area (Å²) in [5.41, 5.74) is 3.88. The molecule has 6 nitrogen and oxygen atoms in total. The van der Waals surface area contributed by atoms with Gasteiger partial charge in [0.1, 0.15) is 5.69 Å². The Bertz CT molecular complexity index is 1040. The number of nitrogens with one attached hydrogen (secondary N) is 1. The lowest BCUT2D eigenvalue weighted by Gasteiger charge is -2.27. The second-order valence-corrected chi connectivity index (χ2v) is 7.86. The van der Waals surface area contributed by atoms with Gasteiger partial charge in [0.05, 0.1) is 0 Å². The number of aryl methyl sites for hydroxylation is 2. The fourth-order valence-electron chi connectivity index (χ4n) is 3.46. The molecule has 2 aromatic heterocycles. The van der Waals surface area contributed by atoms with Gasteiger partial charge in [-0.3, -0.25) is 14.3 Å². The summed E-state index contributed by atoms with van der Waals surface area (Å²) in [6.07, 6.45) is 2.51. The molecule has 0 saturated carbocycles. The monoisotopic (exact) mass is 394 g/mol. The van der Waals surface area contributed by atoms with Gasteiger partial charge in [0.15, 0.2) is 0 Å². The third kappa shape index (κ3) is 3.45. The highest BCUT2D eigenvalue weighted by Crippen LogP contribution is 2.26. The van der Waals surface area contributed by atoms with Gasteiger partial charge >= 0.3 is 0 Å². The minimum atomic E-state index is -0.229. The van der Waals surface area contributed by atoms with E-state index in [1.165, 1.54) is 10.4 Å². The molecule has 0 saturated heterocycles. The number of hydrogen-bond donors (Lipinski definition) is 1. The Morgan fingerprint density at radius 2 is 2.11 bits per heavy atom. The summed E-state index contributed by atoms with van der Waals surface area (Å²) < 4.78 is 1.64. The second kappa shape index (κ2) is 7.59. The molecule has 0 atom stereocenters. The van der Waals surface area contributed by atoms with Crippen molar-refractivity contribution in [2.75, 3.05) is 11.9 Å². The summed E-state index contributed by atoms with van der Waals surface area (Å²) in [5.74, 6) is -0.237. The van der Waals surface area contributed by atoms with Crippen molar-refractivity contribution in [3.05, 3.63) is 69.2 Å². The SMILES string of the molecule is CCn1nccc1C(=O)Nc1cc(C(=O)N2CCc3sccc3C2)ccc1C. The zero-order valence-corrected chi connectivity index (χ0v) is 16.8. The number of nitrogens with zero attached hydrogens (tertiary/aromatic N) is 3. The molecule has 1 aliphatic rings. The van der Waals surface area contributed by atoms with E-state index in [1.807, 2.05) is 30.9 Å². The van der Waals surface area contributed by atoms with Crippen LogP contribution in [-0.4, -0.2) is 33.0 Å². The van der Waals surface area contributed by atoms with Gasteiger partial charge in [-0.05, 0) is 61.0 Å². The van der Waals surface area contributed by atoms with E-state index in [2.05, 4.69) is 21.9 Å². The van der Waals surface area contributed by atoms with Crippen LogP contribution in [0.25, 0.3) is 0 Å². The first kappa shape index (κ1) is 18.4. The molecule has 1 N–H and O–H groups in total. The Labute approximate surface area is 167 Å². The van der Waals surface area contributed by atoms with Crippen molar-refractivity contribution in [1.82, 2.24) is 14.7 Å². The highest BCUT2D eigenvalue weighted by Gasteiger charge is 2.23. The quantitative estimate of drug-likeness (QED) is 0.733. The van der Waals surface area contributed by atoms with Crippen LogP contribution in [0.3, 0.4) is 0 Å². The fraction of sp³-hybridized carbons (Fsp3) is 0.286. The van der Waals surface area contributed by atoms with Crippen LogP contribution in [0, 0.1) is 6.92 Å². The van der Waals surface area contributed by atoms with Crippen LogP contribution in [-0.2, 0) is 19.5 Å². The van der Waals surface area contributed by atoms with E-state index in [0.29, 0.717) is 30.0 Å². The highest BCUT2D eigenvalue weighted by atomic mass is 32.1. The zero-order chi connectivity index (χ0) is 19.7. The van der Waals surface area contributed by atoms with Crippen molar-refractivity contribution in [2.24, 2.45) is 0 Å². The second-order valence-electron chi connectivity index (χ2n) is 6.86. The molecule has 4 rings (SSSR count).